The molecule has 3 rings (SSSR count). The van der Waals surface area contributed by atoms with Gasteiger partial charge in [0.1, 0.15) is 5.82 Å². The van der Waals surface area contributed by atoms with Crippen LogP contribution in [0.5, 0.6) is 0 Å². The van der Waals surface area contributed by atoms with Gasteiger partial charge in [0.05, 0.1) is 11.8 Å². The molecule has 1 aromatic carbocycles. The van der Waals surface area contributed by atoms with Crippen LogP contribution in [0.2, 0.25) is 0 Å². The second-order valence-electron chi connectivity index (χ2n) is 6.18. The van der Waals surface area contributed by atoms with Gasteiger partial charge < -0.3 is 16.0 Å². The van der Waals surface area contributed by atoms with Crippen LogP contribution in [0.3, 0.4) is 0 Å². The van der Waals surface area contributed by atoms with Crippen molar-refractivity contribution in [3.63, 3.8) is 0 Å². The van der Waals surface area contributed by atoms with Gasteiger partial charge in [-0.2, -0.15) is 9.97 Å². The number of fused-ring (bicyclic) bond motifs is 1. The van der Waals surface area contributed by atoms with E-state index in [0.29, 0.717) is 35.9 Å². The number of nitrogens with zero attached hydrogens (tertiary/aromatic N) is 5. The third kappa shape index (κ3) is 5.11. The van der Waals surface area contributed by atoms with Crippen molar-refractivity contribution < 1.29 is 9.18 Å². The first-order chi connectivity index (χ1) is 14.0. The van der Waals surface area contributed by atoms with Gasteiger partial charge in [0.25, 0.3) is 5.78 Å². The van der Waals surface area contributed by atoms with Crippen molar-refractivity contribution in [1.29, 1.82) is 0 Å². The molecule has 11 heteroatoms. The molecule has 0 radical (unpaired) electrons. The third-order valence-corrected chi connectivity index (χ3v) is 4.92. The Labute approximate surface area is 171 Å². The summed E-state index contributed by atoms with van der Waals surface area (Å²) in [7, 11) is 0. The molecule has 0 saturated heterocycles. The van der Waals surface area contributed by atoms with Gasteiger partial charge >= 0.3 is 0 Å². The molecule has 154 valence electrons. The summed E-state index contributed by atoms with van der Waals surface area (Å²) < 4.78 is 14.7. The van der Waals surface area contributed by atoms with Gasteiger partial charge in [-0.3, -0.25) is 4.79 Å². The molecular formula is C18H23FN8OS. The summed E-state index contributed by atoms with van der Waals surface area (Å²) in [5.41, 5.74) is 0.830. The highest BCUT2D eigenvalue weighted by atomic mass is 32.2. The highest BCUT2D eigenvalue weighted by molar-refractivity contribution is 7.99. The molecule has 29 heavy (non-hydrogen) atoms. The summed E-state index contributed by atoms with van der Waals surface area (Å²) in [6, 6.07) is 5.82. The molecule has 0 spiro atoms. The number of nitrogens with one attached hydrogen (secondary N) is 3. The Hall–Kier alpha value is -2.95. The Morgan fingerprint density at radius 3 is 2.55 bits per heavy atom. The lowest BCUT2D eigenvalue weighted by molar-refractivity contribution is -0.119. The number of carbonyl (C=O) groups is 1. The van der Waals surface area contributed by atoms with Crippen LogP contribution in [-0.4, -0.2) is 49.3 Å². The van der Waals surface area contributed by atoms with Gasteiger partial charge in [0.2, 0.25) is 17.8 Å². The van der Waals surface area contributed by atoms with Crippen LogP contribution in [0.4, 0.5) is 16.3 Å². The van der Waals surface area contributed by atoms with Gasteiger partial charge in [-0.05, 0) is 38.5 Å². The molecule has 0 unspecified atom stereocenters. The van der Waals surface area contributed by atoms with Crippen LogP contribution in [-0.2, 0) is 4.79 Å². The molecule has 0 aliphatic heterocycles. The summed E-state index contributed by atoms with van der Waals surface area (Å²) in [5, 5.41) is 17.9. The highest BCUT2D eigenvalue weighted by Crippen LogP contribution is 2.21. The second-order valence-corrected chi connectivity index (χ2v) is 7.12. The summed E-state index contributed by atoms with van der Waals surface area (Å²) in [5.74, 6) is 1.09. The van der Waals surface area contributed by atoms with Crippen molar-refractivity contribution in [2.75, 3.05) is 29.5 Å². The molecule has 3 N–H and O–H groups in total. The average molecular weight is 419 g/mol. The fourth-order valence-corrected chi connectivity index (χ4v) is 3.38. The monoisotopic (exact) mass is 418 g/mol. The number of aromatic nitrogens is 5. The van der Waals surface area contributed by atoms with Gasteiger partial charge in [-0.15, -0.1) is 10.2 Å². The molecule has 2 aromatic heterocycles. The Morgan fingerprint density at radius 2 is 1.86 bits per heavy atom. The maximum Gasteiger partial charge on any atom is 0.261 e. The minimum absolute atomic E-state index is 0.146. The number of rotatable bonds is 9. The molecule has 3 aromatic rings. The Morgan fingerprint density at radius 1 is 1.14 bits per heavy atom. The van der Waals surface area contributed by atoms with Gasteiger partial charge in [-0.25, -0.2) is 8.79 Å². The summed E-state index contributed by atoms with van der Waals surface area (Å²) in [6.45, 7) is 7.11. The zero-order valence-electron chi connectivity index (χ0n) is 16.4. The van der Waals surface area contributed by atoms with Crippen molar-refractivity contribution >= 4 is 35.3 Å². The molecule has 0 fully saturated rings. The molecule has 0 saturated carbocycles. The van der Waals surface area contributed by atoms with Gasteiger partial charge in [0, 0.05) is 13.1 Å². The topological polar surface area (TPSA) is 109 Å². The molecule has 0 aliphatic carbocycles. The standard InChI is InChI=1S/C18H23FN8OS/c1-4-20-15-23-16(21-5-2)27-17(24-15)25-26-18(27)29-10-14(28)22-11(3)12-6-8-13(19)9-7-12/h6-9,11H,4-5,10H2,1-3H3,(H,22,28)(H2,20,21,23,24,25)/t11-/m1/s1. The number of halogens is 1. The van der Waals surface area contributed by atoms with E-state index in [-0.39, 0.29) is 23.5 Å². The van der Waals surface area contributed by atoms with E-state index in [1.54, 1.807) is 16.5 Å². The van der Waals surface area contributed by atoms with E-state index in [1.807, 2.05) is 20.8 Å². The molecule has 1 amide bonds. The number of thioether (sulfide) groups is 1. The number of amides is 1. The van der Waals surface area contributed by atoms with Gasteiger partial charge in [-0.1, -0.05) is 23.9 Å². The van der Waals surface area contributed by atoms with Crippen molar-refractivity contribution in [2.24, 2.45) is 0 Å². The Balaban J connectivity index is 1.69. The lowest BCUT2D eigenvalue weighted by atomic mass is 10.1. The Bertz CT molecular complexity index is 978. The first-order valence-corrected chi connectivity index (χ1v) is 10.3. The predicted octanol–water partition coefficient (Wildman–Crippen LogP) is 2.49. The first kappa shape index (κ1) is 20.8. The summed E-state index contributed by atoms with van der Waals surface area (Å²) in [6.07, 6.45) is 0. The number of anilines is 2. The highest BCUT2D eigenvalue weighted by Gasteiger charge is 2.16. The molecular weight excluding hydrogens is 395 g/mol. The van der Waals surface area contributed by atoms with Crippen LogP contribution in [0.25, 0.3) is 5.78 Å². The zero-order chi connectivity index (χ0) is 20.8. The van der Waals surface area contributed by atoms with Gasteiger partial charge in [0.15, 0.2) is 5.16 Å². The molecule has 9 nitrogen and oxygen atoms in total. The van der Waals surface area contributed by atoms with Crippen molar-refractivity contribution in [2.45, 2.75) is 32.0 Å². The van der Waals surface area contributed by atoms with E-state index in [1.165, 1.54) is 23.9 Å². The minimum Gasteiger partial charge on any atom is -0.355 e. The van der Waals surface area contributed by atoms with E-state index in [9.17, 15) is 9.18 Å². The fourth-order valence-electron chi connectivity index (χ4n) is 2.65. The van der Waals surface area contributed by atoms with Crippen LogP contribution in [0.1, 0.15) is 32.4 Å². The predicted molar refractivity (Wildman–Crippen MR) is 111 cm³/mol. The SMILES string of the molecule is CCNc1nc(NCC)n2c(SCC(=O)N[C@H](C)c3ccc(F)cc3)nnc2n1. The zero-order valence-corrected chi connectivity index (χ0v) is 17.3. The van der Waals surface area contributed by atoms with Crippen LogP contribution >= 0.6 is 11.8 Å². The van der Waals surface area contributed by atoms with Crippen molar-refractivity contribution in [1.82, 2.24) is 29.9 Å². The second kappa shape index (κ2) is 9.50. The normalized spacial score (nSPS) is 12.0. The largest absolute Gasteiger partial charge is 0.355 e. The average Bonchev–Trinajstić information content (AvgIpc) is 3.10. The number of hydrogen-bond donors (Lipinski definition) is 3. The van der Waals surface area contributed by atoms with Crippen LogP contribution in [0, 0.1) is 5.82 Å². The minimum atomic E-state index is -0.308. The third-order valence-electron chi connectivity index (χ3n) is 4.00. The van der Waals surface area contributed by atoms with Crippen LogP contribution in [0.15, 0.2) is 29.4 Å². The van der Waals surface area contributed by atoms with Crippen LogP contribution < -0.4 is 16.0 Å². The van der Waals surface area contributed by atoms with E-state index in [2.05, 4.69) is 36.1 Å². The maximum absolute atomic E-state index is 13.0. The number of carbonyl (C=O) groups excluding carboxylic acids is 1. The lowest BCUT2D eigenvalue weighted by Crippen LogP contribution is -2.28. The lowest BCUT2D eigenvalue weighted by Gasteiger charge is -2.14. The molecule has 0 bridgehead atoms. The van der Waals surface area contributed by atoms with E-state index in [4.69, 9.17) is 0 Å². The number of benzene rings is 1. The Kier molecular flexibility index (Phi) is 6.81. The van der Waals surface area contributed by atoms with E-state index < -0.39 is 0 Å². The maximum atomic E-state index is 13.0. The molecule has 2 heterocycles. The summed E-state index contributed by atoms with van der Waals surface area (Å²) in [4.78, 5) is 21.1. The first-order valence-electron chi connectivity index (χ1n) is 9.30. The fraction of sp³-hybridized carbons (Fsp3) is 0.389. The quantitative estimate of drug-likeness (QED) is 0.455. The smallest absolute Gasteiger partial charge is 0.261 e. The summed E-state index contributed by atoms with van der Waals surface area (Å²) >= 11 is 1.24. The van der Waals surface area contributed by atoms with Crippen molar-refractivity contribution in [3.8, 4) is 0 Å². The molecule has 1 atom stereocenters. The van der Waals surface area contributed by atoms with Crippen molar-refractivity contribution in [3.05, 3.63) is 35.6 Å². The molecule has 0 aliphatic rings. The number of hydrogen-bond acceptors (Lipinski definition) is 8. The van der Waals surface area contributed by atoms with E-state index >= 15 is 0 Å². The van der Waals surface area contributed by atoms with E-state index in [0.717, 1.165) is 5.56 Å².